The lowest BCUT2D eigenvalue weighted by molar-refractivity contribution is -0.192. The van der Waals surface area contributed by atoms with E-state index in [-0.39, 0.29) is 81.6 Å². The highest BCUT2D eigenvalue weighted by Gasteiger charge is 2.38. The molecule has 36 heteroatoms. The summed E-state index contributed by atoms with van der Waals surface area (Å²) in [6, 6.07) is -10.5. The van der Waals surface area contributed by atoms with Crippen molar-refractivity contribution in [1.29, 1.82) is 0 Å². The number of aliphatic imine (C=N–C) groups is 2. The van der Waals surface area contributed by atoms with Gasteiger partial charge in [-0.1, -0.05) is 21.6 Å². The molecule has 0 unspecified atom stereocenters. The van der Waals surface area contributed by atoms with Crippen molar-refractivity contribution < 1.29 is 81.2 Å². The fourth-order valence-corrected chi connectivity index (χ4v) is 8.03. The molecule has 0 aromatic heterocycles. The standard InChI is InChI=1S/C36H65N17O12S2.C2HF3O2/c1-17(54)27-33(63)52-19(7-4-10-44-35(40)41)29(59)47-14-26(57)49-23(34(64)65)16-67-66-15-18(38)28(58)46-13-25(56)48-22(12-24(39)55)32(62)51-20(6-2-3-9-37)30(60)50-21(31(61)53-27)8-5-11-45-36(42)43;3-2(4,5)1(6)7/h17-23,27,54H,2-16,37-38H2,1H3,(H2,39,55)(H,46,58)(H,47,59)(H,48,56)(H,49,57)(H,50,60)(H,51,62)(H,52,63)(H,53,61)(H,64,65)(H4,40,41,44)(H4,42,43,45);(H,6,7)/t17-,18+,19+,20+,21+,22+,23+,27+;/m1./s1. The van der Waals surface area contributed by atoms with Crippen LogP contribution in [0.15, 0.2) is 9.98 Å². The molecule has 0 bridgehead atoms. The van der Waals surface area contributed by atoms with Gasteiger partial charge in [-0.05, 0) is 58.4 Å². The molecule has 9 amide bonds. The highest BCUT2D eigenvalue weighted by atomic mass is 33.1. The van der Waals surface area contributed by atoms with Crippen LogP contribution in [0.4, 0.5) is 13.2 Å². The van der Waals surface area contributed by atoms with E-state index < -0.39 is 139 Å². The lowest BCUT2D eigenvalue weighted by atomic mass is 10.0. The second kappa shape index (κ2) is 35.3. The Morgan fingerprint density at radius 1 is 0.635 bits per heavy atom. The third-order valence-corrected chi connectivity index (χ3v) is 11.9. The number of carboxylic acids is 2. The zero-order chi connectivity index (χ0) is 56.7. The normalized spacial score (nSPS) is 23.1. The molecule has 25 N–H and O–H groups in total. The molecule has 1 fully saturated rings. The molecular formula is C38H66F3N17O14S2. The molecule has 0 saturated carbocycles. The van der Waals surface area contributed by atoms with Gasteiger partial charge in [0.15, 0.2) is 11.9 Å². The summed E-state index contributed by atoms with van der Waals surface area (Å²) in [6.45, 7) is -0.148. The molecule has 74 heavy (non-hydrogen) atoms. The predicted octanol–water partition coefficient (Wildman–Crippen LogP) is -7.94. The van der Waals surface area contributed by atoms with Gasteiger partial charge in [0, 0.05) is 24.6 Å². The first-order valence-corrected chi connectivity index (χ1v) is 24.6. The van der Waals surface area contributed by atoms with Crippen LogP contribution >= 0.6 is 21.6 Å². The minimum Gasteiger partial charge on any atom is -0.480 e. The van der Waals surface area contributed by atoms with Crippen LogP contribution in [-0.4, -0.2) is 191 Å². The Labute approximate surface area is 428 Å². The van der Waals surface area contributed by atoms with Crippen LogP contribution in [0.2, 0.25) is 0 Å². The maximum absolute atomic E-state index is 13.9. The van der Waals surface area contributed by atoms with Crippen molar-refractivity contribution >= 4 is 98.6 Å². The van der Waals surface area contributed by atoms with Gasteiger partial charge in [-0.3, -0.25) is 53.1 Å². The van der Waals surface area contributed by atoms with E-state index in [1.165, 1.54) is 0 Å². The Kier molecular flexibility index (Phi) is 32.0. The molecule has 8 atom stereocenters. The summed E-state index contributed by atoms with van der Waals surface area (Å²) in [5.41, 5.74) is 38.6. The molecule has 0 aromatic rings. The summed E-state index contributed by atoms with van der Waals surface area (Å²) >= 11 is 0. The number of aliphatic hydroxyl groups excluding tert-OH is 1. The second-order valence-electron chi connectivity index (χ2n) is 15.8. The van der Waals surface area contributed by atoms with Gasteiger partial charge in [0.1, 0.15) is 36.3 Å². The quantitative estimate of drug-likeness (QED) is 0.0295. The molecule has 1 aliphatic heterocycles. The molecular weight excluding hydrogens is 1040 g/mol. The van der Waals surface area contributed by atoms with E-state index in [1.54, 1.807) is 0 Å². The number of aliphatic carboxylic acids is 2. The van der Waals surface area contributed by atoms with Gasteiger partial charge in [-0.2, -0.15) is 13.2 Å². The van der Waals surface area contributed by atoms with Crippen LogP contribution in [0.25, 0.3) is 0 Å². The summed E-state index contributed by atoms with van der Waals surface area (Å²) in [6.07, 6.45) is -7.04. The first kappa shape index (κ1) is 67.1. The number of unbranched alkanes of at least 4 members (excludes halogenated alkanes) is 1. The molecule has 31 nitrogen and oxygen atoms in total. The number of nitrogens with one attached hydrogen (secondary N) is 8. The number of aliphatic hydroxyl groups is 1. The van der Waals surface area contributed by atoms with Crippen molar-refractivity contribution in [1.82, 2.24) is 42.5 Å². The number of nitrogens with zero attached hydrogens (tertiary/aromatic N) is 2. The summed E-state index contributed by atoms with van der Waals surface area (Å²) in [4.78, 5) is 148. The second-order valence-corrected chi connectivity index (χ2v) is 18.3. The van der Waals surface area contributed by atoms with Crippen LogP contribution < -0.4 is 82.7 Å². The molecule has 0 aromatic carbocycles. The smallest absolute Gasteiger partial charge is 0.480 e. The number of amides is 9. The summed E-state index contributed by atoms with van der Waals surface area (Å²) in [5.74, 6) is -13.8. The molecule has 1 aliphatic rings. The van der Waals surface area contributed by atoms with Gasteiger partial charge in [0.2, 0.25) is 53.2 Å². The molecule has 1 saturated heterocycles. The van der Waals surface area contributed by atoms with Crippen molar-refractivity contribution in [3.8, 4) is 0 Å². The Balaban J connectivity index is 0.00000705. The van der Waals surface area contributed by atoms with E-state index in [4.69, 9.17) is 50.0 Å². The van der Waals surface area contributed by atoms with Gasteiger partial charge in [-0.25, -0.2) is 9.59 Å². The number of carbonyl (C=O) groups is 11. The average Bonchev–Trinajstić information content (AvgIpc) is 3.30. The Bertz CT molecular complexity index is 2000. The van der Waals surface area contributed by atoms with Gasteiger partial charge in [0.25, 0.3) is 0 Å². The average molecular weight is 1110 g/mol. The van der Waals surface area contributed by atoms with E-state index in [0.717, 1.165) is 28.5 Å². The Morgan fingerprint density at radius 3 is 1.53 bits per heavy atom. The minimum absolute atomic E-state index is 0.0000806. The molecule has 420 valence electrons. The van der Waals surface area contributed by atoms with Crippen LogP contribution in [0.5, 0.6) is 0 Å². The number of primary amides is 1. The fourth-order valence-electron chi connectivity index (χ4n) is 5.75. The van der Waals surface area contributed by atoms with E-state index in [1.807, 2.05) is 0 Å². The van der Waals surface area contributed by atoms with Gasteiger partial charge >= 0.3 is 18.1 Å². The van der Waals surface area contributed by atoms with Crippen molar-refractivity contribution in [3.63, 3.8) is 0 Å². The van der Waals surface area contributed by atoms with E-state index >= 15 is 0 Å². The van der Waals surface area contributed by atoms with Crippen molar-refractivity contribution in [2.24, 2.45) is 50.1 Å². The minimum atomic E-state index is -5.08. The summed E-state index contributed by atoms with van der Waals surface area (Å²) in [5, 5.41) is 46.4. The first-order valence-electron chi connectivity index (χ1n) is 22.2. The van der Waals surface area contributed by atoms with E-state index in [2.05, 4.69) is 52.5 Å². The predicted molar refractivity (Wildman–Crippen MR) is 260 cm³/mol. The Morgan fingerprint density at radius 2 is 1.07 bits per heavy atom. The lowest BCUT2D eigenvalue weighted by Gasteiger charge is -2.28. The molecule has 1 rings (SSSR count). The first-order chi connectivity index (χ1) is 34.5. The maximum Gasteiger partial charge on any atom is 0.490 e. The topological polar surface area (TPSA) is 552 Å². The number of rotatable bonds is 16. The number of guanidine groups is 2. The van der Waals surface area contributed by atoms with E-state index in [0.29, 0.717) is 6.42 Å². The number of alkyl halides is 3. The fraction of sp³-hybridized carbons (Fsp3) is 0.658. The third-order valence-electron chi connectivity index (χ3n) is 9.48. The monoisotopic (exact) mass is 1110 g/mol. The van der Waals surface area contributed by atoms with Crippen LogP contribution in [0, 0.1) is 0 Å². The highest BCUT2D eigenvalue weighted by Crippen LogP contribution is 2.23. The largest absolute Gasteiger partial charge is 0.490 e. The zero-order valence-electron chi connectivity index (χ0n) is 39.9. The third kappa shape index (κ3) is 29.6. The van der Waals surface area contributed by atoms with Gasteiger partial charge < -0.3 is 98.0 Å². The van der Waals surface area contributed by atoms with Crippen LogP contribution in [-0.2, 0) is 52.7 Å². The summed E-state index contributed by atoms with van der Waals surface area (Å²) < 4.78 is 31.7. The van der Waals surface area contributed by atoms with Crippen molar-refractivity contribution in [2.45, 2.75) is 113 Å². The molecule has 0 aliphatic carbocycles. The van der Waals surface area contributed by atoms with Gasteiger partial charge in [0.05, 0.1) is 31.7 Å². The SMILES string of the molecule is C[C@@H](O)[C@@H]1NC(=O)[C@H](CCCN=C(N)N)NC(=O)[C@H](CCCCN)NC(=O)[C@H](CC(N)=O)NC(=O)CNC(=O)[C@@H](N)CSSC[C@@H](C(=O)O)NC(=O)CNC(=O)[C@H](CCCN=C(N)N)NC1=O.O=C(O)C(F)(F)F. The molecule has 0 spiro atoms. The molecule has 1 heterocycles. The molecule has 0 radical (unpaired) electrons. The Hall–Kier alpha value is -6.92. The number of carbonyl (C=O) groups excluding carboxylic acids is 9. The number of nitrogens with two attached hydrogens (primary N) is 7. The number of halogens is 3. The lowest BCUT2D eigenvalue weighted by Crippen LogP contribution is -2.61. The number of carboxylic acid groups (broad SMARTS) is 2. The maximum atomic E-state index is 13.9. The van der Waals surface area contributed by atoms with E-state index in [9.17, 15) is 71.3 Å². The number of hydrogen-bond acceptors (Lipinski definition) is 18. The van der Waals surface area contributed by atoms with Crippen LogP contribution in [0.3, 0.4) is 0 Å². The van der Waals surface area contributed by atoms with Gasteiger partial charge in [-0.15, -0.1) is 0 Å². The van der Waals surface area contributed by atoms with Crippen molar-refractivity contribution in [2.75, 3.05) is 44.2 Å². The van der Waals surface area contributed by atoms with Crippen LogP contribution in [0.1, 0.15) is 58.3 Å². The highest BCUT2D eigenvalue weighted by molar-refractivity contribution is 8.76. The number of hydrogen-bond donors (Lipinski definition) is 18. The summed E-state index contributed by atoms with van der Waals surface area (Å²) in [7, 11) is 1.90. The van der Waals surface area contributed by atoms with Crippen molar-refractivity contribution in [3.05, 3.63) is 0 Å². The zero-order valence-corrected chi connectivity index (χ0v) is 41.6.